The number of carbonyl (C=O) groups is 1. The average molecular weight is 407 g/mol. The van der Waals surface area contributed by atoms with Crippen LogP contribution in [0.15, 0.2) is 12.2 Å². The maximum Gasteiger partial charge on any atom is 0.305 e. The zero-order valence-corrected chi connectivity index (χ0v) is 18.6. The van der Waals surface area contributed by atoms with E-state index >= 15 is 0 Å². The van der Waals surface area contributed by atoms with Crippen LogP contribution in [0.5, 0.6) is 0 Å². The molecular weight excluding hydrogens is 368 g/mol. The number of epoxide rings is 2. The second kappa shape index (κ2) is 7.06. The van der Waals surface area contributed by atoms with Crippen LogP contribution in [0.1, 0.15) is 85.5 Å². The maximum atomic E-state index is 12.0. The molecule has 0 unspecified atom stereocenters. The quantitative estimate of drug-likeness (QED) is 0.418. The SMILES string of the molecule is C=C1CC[C@@H]2O[C@]2(COC(=O)CCC)C[C@H]2O[C@@]23[C@H](C(C)(C)O)CC[C@@]3(C)CC1. The van der Waals surface area contributed by atoms with E-state index in [1.807, 2.05) is 20.8 Å². The number of rotatable bonds is 5. The van der Waals surface area contributed by atoms with Crippen molar-refractivity contribution in [2.24, 2.45) is 11.3 Å². The van der Waals surface area contributed by atoms with E-state index in [0.717, 1.165) is 51.4 Å². The number of hydrogen-bond donors (Lipinski definition) is 1. The smallest absolute Gasteiger partial charge is 0.305 e. The largest absolute Gasteiger partial charge is 0.462 e. The third-order valence-electron chi connectivity index (χ3n) is 8.22. The fourth-order valence-electron chi connectivity index (χ4n) is 6.37. The van der Waals surface area contributed by atoms with Crippen molar-refractivity contribution in [2.45, 2.75) is 114 Å². The molecule has 0 bridgehead atoms. The van der Waals surface area contributed by atoms with Gasteiger partial charge in [0.2, 0.25) is 0 Å². The number of fused-ring (bicyclic) bond motifs is 1. The highest BCUT2D eigenvalue weighted by Gasteiger charge is 2.77. The average Bonchev–Trinajstić information content (AvgIpc) is 3.49. The Morgan fingerprint density at radius 3 is 2.69 bits per heavy atom. The lowest BCUT2D eigenvalue weighted by Gasteiger charge is -2.37. The zero-order valence-electron chi connectivity index (χ0n) is 18.6. The van der Waals surface area contributed by atoms with Gasteiger partial charge in [-0.15, -0.1) is 0 Å². The number of carbonyl (C=O) groups excluding carboxylic acids is 1. The van der Waals surface area contributed by atoms with Gasteiger partial charge in [-0.2, -0.15) is 0 Å². The zero-order chi connectivity index (χ0) is 21.1. The highest BCUT2D eigenvalue weighted by atomic mass is 16.7. The predicted octanol–water partition coefficient (Wildman–Crippen LogP) is 4.31. The molecule has 2 heterocycles. The molecular formula is C24H38O5. The molecule has 4 aliphatic rings. The van der Waals surface area contributed by atoms with Crippen molar-refractivity contribution in [3.05, 3.63) is 12.2 Å². The highest BCUT2D eigenvalue weighted by molar-refractivity contribution is 5.69. The standard InChI is InChI=1S/C24H38O5/c1-6-7-20(25)27-15-23-14-19-24(29-19)17(21(3,4)26)11-13-22(24,5)12-10-16(2)8-9-18(23)28-23/h17-19,26H,2,6-15H2,1,3-5H3/t17-,18-,19+,22+,23-,24-/m0/s1. The van der Waals surface area contributed by atoms with Crippen LogP contribution >= 0.6 is 0 Å². The van der Waals surface area contributed by atoms with E-state index < -0.39 is 11.2 Å². The molecule has 5 heteroatoms. The Morgan fingerprint density at radius 2 is 2.00 bits per heavy atom. The first kappa shape index (κ1) is 21.3. The Labute approximate surface area is 175 Å². The van der Waals surface area contributed by atoms with E-state index in [4.69, 9.17) is 14.2 Å². The third kappa shape index (κ3) is 3.57. The predicted molar refractivity (Wildman–Crippen MR) is 110 cm³/mol. The van der Waals surface area contributed by atoms with E-state index in [9.17, 15) is 9.90 Å². The summed E-state index contributed by atoms with van der Waals surface area (Å²) in [7, 11) is 0. The molecule has 2 aliphatic carbocycles. The van der Waals surface area contributed by atoms with Crippen LogP contribution < -0.4 is 0 Å². The molecule has 0 amide bonds. The number of aliphatic hydroxyl groups is 1. The van der Waals surface area contributed by atoms with Crippen molar-refractivity contribution < 1.29 is 24.1 Å². The minimum atomic E-state index is -0.783. The van der Waals surface area contributed by atoms with E-state index in [0.29, 0.717) is 13.0 Å². The molecule has 0 radical (unpaired) electrons. The van der Waals surface area contributed by atoms with Gasteiger partial charge < -0.3 is 19.3 Å². The molecule has 1 spiro atoms. The van der Waals surface area contributed by atoms with Crippen molar-refractivity contribution in [3.8, 4) is 0 Å². The lowest BCUT2D eigenvalue weighted by atomic mass is 9.67. The van der Waals surface area contributed by atoms with Crippen molar-refractivity contribution in [3.63, 3.8) is 0 Å². The van der Waals surface area contributed by atoms with Gasteiger partial charge in [0.05, 0.1) is 17.8 Å². The molecule has 29 heavy (non-hydrogen) atoms. The van der Waals surface area contributed by atoms with E-state index in [2.05, 4.69) is 13.5 Å². The van der Waals surface area contributed by atoms with Crippen molar-refractivity contribution >= 4 is 5.97 Å². The lowest BCUT2D eigenvalue weighted by Crippen LogP contribution is -2.46. The second-order valence-corrected chi connectivity index (χ2v) is 10.8. The van der Waals surface area contributed by atoms with E-state index in [1.165, 1.54) is 5.57 Å². The van der Waals surface area contributed by atoms with Crippen molar-refractivity contribution in [1.82, 2.24) is 0 Å². The minimum Gasteiger partial charge on any atom is -0.462 e. The molecule has 4 rings (SSSR count). The summed E-state index contributed by atoms with van der Waals surface area (Å²) in [6.07, 6.45) is 8.10. The number of ether oxygens (including phenoxy) is 3. The summed E-state index contributed by atoms with van der Waals surface area (Å²) in [5, 5.41) is 10.9. The second-order valence-electron chi connectivity index (χ2n) is 10.8. The molecule has 164 valence electrons. The minimum absolute atomic E-state index is 0.0279. The number of esters is 1. The van der Waals surface area contributed by atoms with Gasteiger partial charge in [-0.1, -0.05) is 26.0 Å². The number of allylic oxidation sites excluding steroid dienone is 1. The maximum absolute atomic E-state index is 12.0. The molecule has 0 aromatic carbocycles. The van der Waals surface area contributed by atoms with Crippen LogP contribution in [0.2, 0.25) is 0 Å². The summed E-state index contributed by atoms with van der Waals surface area (Å²) in [6, 6.07) is 0. The summed E-state index contributed by atoms with van der Waals surface area (Å²) in [5.74, 6) is -0.0442. The monoisotopic (exact) mass is 406 g/mol. The van der Waals surface area contributed by atoms with Crippen LogP contribution in [-0.4, -0.2) is 46.7 Å². The first-order chi connectivity index (χ1) is 13.6. The Hall–Kier alpha value is -0.910. The molecule has 0 aromatic heterocycles. The van der Waals surface area contributed by atoms with Crippen LogP contribution in [0, 0.1) is 11.3 Å². The molecule has 2 aliphatic heterocycles. The van der Waals surface area contributed by atoms with Gasteiger partial charge in [0.1, 0.15) is 17.8 Å². The van der Waals surface area contributed by atoms with Crippen LogP contribution in [0.4, 0.5) is 0 Å². The first-order valence-corrected chi connectivity index (χ1v) is 11.5. The van der Waals surface area contributed by atoms with Crippen LogP contribution in [-0.2, 0) is 19.0 Å². The van der Waals surface area contributed by atoms with Gasteiger partial charge in [-0.3, -0.25) is 4.79 Å². The molecule has 4 fully saturated rings. The van der Waals surface area contributed by atoms with E-state index in [1.54, 1.807) is 0 Å². The molecule has 5 nitrogen and oxygen atoms in total. The number of hydrogen-bond acceptors (Lipinski definition) is 5. The van der Waals surface area contributed by atoms with Gasteiger partial charge in [-0.25, -0.2) is 0 Å². The van der Waals surface area contributed by atoms with E-state index in [-0.39, 0.29) is 35.1 Å². The van der Waals surface area contributed by atoms with Crippen molar-refractivity contribution in [2.75, 3.05) is 6.61 Å². The Kier molecular flexibility index (Phi) is 5.20. The Morgan fingerprint density at radius 1 is 1.24 bits per heavy atom. The van der Waals surface area contributed by atoms with Gasteiger partial charge in [0.15, 0.2) is 0 Å². The summed E-state index contributed by atoms with van der Waals surface area (Å²) in [5.41, 5.74) is -0.240. The van der Waals surface area contributed by atoms with Gasteiger partial charge >= 0.3 is 5.97 Å². The van der Waals surface area contributed by atoms with Crippen LogP contribution in [0.25, 0.3) is 0 Å². The Bertz CT molecular complexity index is 681. The molecule has 0 aromatic rings. The first-order valence-electron chi connectivity index (χ1n) is 11.5. The van der Waals surface area contributed by atoms with Gasteiger partial charge in [-0.05, 0) is 64.2 Å². The third-order valence-corrected chi connectivity index (χ3v) is 8.22. The molecule has 6 atom stereocenters. The summed E-state index contributed by atoms with van der Waals surface area (Å²) in [4.78, 5) is 12.0. The van der Waals surface area contributed by atoms with Crippen LogP contribution in [0.3, 0.4) is 0 Å². The van der Waals surface area contributed by atoms with Gasteiger partial charge in [0.25, 0.3) is 0 Å². The normalized spacial score (nSPS) is 44.2. The van der Waals surface area contributed by atoms with Crippen molar-refractivity contribution in [1.29, 1.82) is 0 Å². The fourth-order valence-corrected chi connectivity index (χ4v) is 6.37. The summed E-state index contributed by atoms with van der Waals surface area (Å²) < 4.78 is 18.3. The molecule has 2 saturated heterocycles. The fraction of sp³-hybridized carbons (Fsp3) is 0.875. The van der Waals surface area contributed by atoms with Gasteiger partial charge in [0, 0.05) is 18.8 Å². The topological polar surface area (TPSA) is 71.6 Å². The summed E-state index contributed by atoms with van der Waals surface area (Å²) in [6.45, 7) is 12.8. The summed E-state index contributed by atoms with van der Waals surface area (Å²) >= 11 is 0. The molecule has 1 N–H and O–H groups in total. The lowest BCUT2D eigenvalue weighted by molar-refractivity contribution is -0.145. The molecule has 2 saturated carbocycles. The Balaban J connectivity index is 1.58. The highest BCUT2D eigenvalue weighted by Crippen LogP contribution is 2.69.